The van der Waals surface area contributed by atoms with Gasteiger partial charge < -0.3 is 30.2 Å². The van der Waals surface area contributed by atoms with Crippen molar-refractivity contribution in [1.82, 2.24) is 10.6 Å². The Hall–Kier alpha value is -3.68. The first kappa shape index (κ1) is 17.7. The summed E-state index contributed by atoms with van der Waals surface area (Å²) < 4.78 is 15.9. The number of rotatable bonds is 4. The molecule has 0 saturated heterocycles. The number of carbonyl (C=O) groups is 2. The first-order chi connectivity index (χ1) is 13.5. The van der Waals surface area contributed by atoms with E-state index >= 15 is 0 Å². The maximum absolute atomic E-state index is 13.0. The standard InChI is InChI=1S/C20H19N3O5/c1-11-17(19(24)22-13-4-6-14(26-2)7-5-13)18(23-20(25)21-11)12-3-8-15-16(9-12)28-10-27-15/h3-9,18H,10H2,1-2H3,(H,22,24)(H2,21,23,25)/t18-/m1/s1. The van der Waals surface area contributed by atoms with Gasteiger partial charge in [0.25, 0.3) is 5.91 Å². The zero-order valence-electron chi connectivity index (χ0n) is 15.4. The van der Waals surface area contributed by atoms with Gasteiger partial charge in [0.05, 0.1) is 18.7 Å². The molecule has 2 aromatic rings. The topological polar surface area (TPSA) is 97.9 Å². The lowest BCUT2D eigenvalue weighted by Crippen LogP contribution is -2.45. The van der Waals surface area contributed by atoms with Crippen molar-refractivity contribution < 1.29 is 23.8 Å². The fourth-order valence-electron chi connectivity index (χ4n) is 3.21. The van der Waals surface area contributed by atoms with Crippen molar-refractivity contribution in [3.05, 3.63) is 59.3 Å². The summed E-state index contributed by atoms with van der Waals surface area (Å²) in [4.78, 5) is 25.0. The molecule has 28 heavy (non-hydrogen) atoms. The second-order valence-corrected chi connectivity index (χ2v) is 6.37. The Balaban J connectivity index is 1.64. The third-order valence-electron chi connectivity index (χ3n) is 4.59. The van der Waals surface area contributed by atoms with Gasteiger partial charge >= 0.3 is 6.03 Å². The van der Waals surface area contributed by atoms with Crippen LogP contribution in [0.25, 0.3) is 0 Å². The minimum absolute atomic E-state index is 0.150. The van der Waals surface area contributed by atoms with Crippen LogP contribution in [0.4, 0.5) is 10.5 Å². The molecule has 1 atom stereocenters. The maximum atomic E-state index is 13.0. The van der Waals surface area contributed by atoms with Crippen LogP contribution in [0.5, 0.6) is 17.2 Å². The number of hydrogen-bond donors (Lipinski definition) is 3. The summed E-state index contributed by atoms with van der Waals surface area (Å²) in [5.41, 5.74) is 2.23. The molecular weight excluding hydrogens is 362 g/mol. The minimum atomic E-state index is -0.624. The van der Waals surface area contributed by atoms with Gasteiger partial charge in [-0.25, -0.2) is 4.79 Å². The normalized spacial score (nSPS) is 17.6. The van der Waals surface area contributed by atoms with Crippen LogP contribution >= 0.6 is 0 Å². The number of amides is 3. The number of benzene rings is 2. The van der Waals surface area contributed by atoms with E-state index in [1.807, 2.05) is 0 Å². The number of anilines is 1. The Kier molecular flexibility index (Phi) is 4.52. The zero-order valence-corrected chi connectivity index (χ0v) is 15.4. The Labute approximate surface area is 161 Å². The third-order valence-corrected chi connectivity index (χ3v) is 4.59. The van der Waals surface area contributed by atoms with Gasteiger partial charge in [0.2, 0.25) is 6.79 Å². The molecule has 0 aromatic heterocycles. The molecule has 3 N–H and O–H groups in total. The fourth-order valence-corrected chi connectivity index (χ4v) is 3.21. The predicted octanol–water partition coefficient (Wildman–Crippen LogP) is 2.69. The highest BCUT2D eigenvalue weighted by Gasteiger charge is 2.32. The first-order valence-electron chi connectivity index (χ1n) is 8.68. The second-order valence-electron chi connectivity index (χ2n) is 6.37. The van der Waals surface area contributed by atoms with Gasteiger partial charge in [0.1, 0.15) is 5.75 Å². The van der Waals surface area contributed by atoms with Crippen LogP contribution in [-0.4, -0.2) is 25.8 Å². The van der Waals surface area contributed by atoms with Gasteiger partial charge in [-0.15, -0.1) is 0 Å². The molecule has 0 saturated carbocycles. The molecule has 2 aromatic carbocycles. The van der Waals surface area contributed by atoms with Crippen molar-refractivity contribution in [2.24, 2.45) is 0 Å². The van der Waals surface area contributed by atoms with Gasteiger partial charge in [0, 0.05) is 11.4 Å². The van der Waals surface area contributed by atoms with Gasteiger partial charge in [0.15, 0.2) is 11.5 Å². The van der Waals surface area contributed by atoms with Gasteiger partial charge in [-0.2, -0.15) is 0 Å². The highest BCUT2D eigenvalue weighted by atomic mass is 16.7. The molecule has 0 bridgehead atoms. The van der Waals surface area contributed by atoms with E-state index < -0.39 is 6.04 Å². The lowest BCUT2D eigenvalue weighted by Gasteiger charge is -2.28. The number of nitrogens with one attached hydrogen (secondary N) is 3. The van der Waals surface area contributed by atoms with E-state index in [0.29, 0.717) is 34.2 Å². The Bertz CT molecular complexity index is 968. The monoisotopic (exact) mass is 381 g/mol. The van der Waals surface area contributed by atoms with E-state index in [2.05, 4.69) is 16.0 Å². The average Bonchev–Trinajstić information content (AvgIpc) is 3.15. The van der Waals surface area contributed by atoms with E-state index in [0.717, 1.165) is 5.56 Å². The molecule has 0 unspecified atom stereocenters. The maximum Gasteiger partial charge on any atom is 0.319 e. The number of carbonyl (C=O) groups excluding carboxylic acids is 2. The molecule has 2 heterocycles. The van der Waals surface area contributed by atoms with Crippen LogP contribution in [0.2, 0.25) is 0 Å². The number of allylic oxidation sites excluding steroid dienone is 1. The van der Waals surface area contributed by atoms with Crippen molar-refractivity contribution in [3.8, 4) is 17.2 Å². The molecule has 2 aliphatic rings. The lowest BCUT2D eigenvalue weighted by atomic mass is 9.94. The van der Waals surface area contributed by atoms with Crippen LogP contribution in [0.3, 0.4) is 0 Å². The molecule has 0 spiro atoms. The van der Waals surface area contributed by atoms with Crippen molar-refractivity contribution in [3.63, 3.8) is 0 Å². The van der Waals surface area contributed by atoms with Crippen LogP contribution in [0.15, 0.2) is 53.7 Å². The molecule has 0 aliphatic carbocycles. The second kappa shape index (κ2) is 7.15. The molecular formula is C20H19N3O5. The molecule has 144 valence electrons. The van der Waals surface area contributed by atoms with Crippen LogP contribution in [0, 0.1) is 0 Å². The van der Waals surface area contributed by atoms with Gasteiger partial charge in [-0.1, -0.05) is 6.07 Å². The van der Waals surface area contributed by atoms with Crippen LogP contribution < -0.4 is 30.2 Å². The van der Waals surface area contributed by atoms with E-state index in [4.69, 9.17) is 14.2 Å². The highest BCUT2D eigenvalue weighted by Crippen LogP contribution is 2.37. The zero-order chi connectivity index (χ0) is 19.7. The number of ether oxygens (including phenoxy) is 3. The number of methoxy groups -OCH3 is 1. The summed E-state index contributed by atoms with van der Waals surface area (Å²) in [6.07, 6.45) is 0. The van der Waals surface area contributed by atoms with Gasteiger partial charge in [-0.05, 0) is 48.9 Å². The van der Waals surface area contributed by atoms with E-state index in [9.17, 15) is 9.59 Å². The molecule has 0 radical (unpaired) electrons. The van der Waals surface area contributed by atoms with Crippen LogP contribution in [-0.2, 0) is 4.79 Å². The number of fused-ring (bicyclic) bond motifs is 1. The van der Waals surface area contributed by atoms with Crippen molar-refractivity contribution in [1.29, 1.82) is 0 Å². The van der Waals surface area contributed by atoms with E-state index in [-0.39, 0.29) is 18.7 Å². The number of urea groups is 1. The summed E-state index contributed by atoms with van der Waals surface area (Å²) in [6.45, 7) is 1.85. The molecule has 2 aliphatic heterocycles. The van der Waals surface area contributed by atoms with E-state index in [1.54, 1.807) is 56.5 Å². The van der Waals surface area contributed by atoms with Crippen molar-refractivity contribution in [2.45, 2.75) is 13.0 Å². The Morgan fingerprint density at radius 2 is 1.89 bits per heavy atom. The molecule has 4 rings (SSSR count). The van der Waals surface area contributed by atoms with Crippen LogP contribution in [0.1, 0.15) is 18.5 Å². The van der Waals surface area contributed by atoms with E-state index in [1.165, 1.54) is 0 Å². The molecule has 3 amide bonds. The minimum Gasteiger partial charge on any atom is -0.497 e. The van der Waals surface area contributed by atoms with Gasteiger partial charge in [-0.3, -0.25) is 4.79 Å². The summed E-state index contributed by atoms with van der Waals surface area (Å²) in [6, 6.07) is 11.3. The summed E-state index contributed by atoms with van der Waals surface area (Å²) in [7, 11) is 1.58. The quantitative estimate of drug-likeness (QED) is 0.756. The number of hydrogen-bond acceptors (Lipinski definition) is 5. The average molecular weight is 381 g/mol. The smallest absolute Gasteiger partial charge is 0.319 e. The van der Waals surface area contributed by atoms with Crippen molar-refractivity contribution in [2.75, 3.05) is 19.2 Å². The van der Waals surface area contributed by atoms with Crippen molar-refractivity contribution >= 4 is 17.6 Å². The highest BCUT2D eigenvalue weighted by molar-refractivity contribution is 6.06. The molecule has 0 fully saturated rings. The largest absolute Gasteiger partial charge is 0.497 e. The SMILES string of the molecule is COc1ccc(NC(=O)C2=C(C)NC(=O)N[C@@H]2c2ccc3c(c2)OCO3)cc1. The fraction of sp³-hybridized carbons (Fsp3) is 0.200. The third kappa shape index (κ3) is 3.32. The molecule has 8 nitrogen and oxygen atoms in total. The summed E-state index contributed by atoms with van der Waals surface area (Å²) >= 11 is 0. The Morgan fingerprint density at radius 3 is 2.64 bits per heavy atom. The summed E-state index contributed by atoms with van der Waals surface area (Å²) in [5.74, 6) is 1.59. The summed E-state index contributed by atoms with van der Waals surface area (Å²) in [5, 5.41) is 8.32. The Morgan fingerprint density at radius 1 is 1.14 bits per heavy atom. The first-order valence-corrected chi connectivity index (χ1v) is 8.68. The predicted molar refractivity (Wildman–Crippen MR) is 101 cm³/mol. The molecule has 8 heteroatoms. The lowest BCUT2D eigenvalue weighted by molar-refractivity contribution is -0.113.